The van der Waals surface area contributed by atoms with Crippen LogP contribution in [0.15, 0.2) is 109 Å². The van der Waals surface area contributed by atoms with E-state index in [1.54, 1.807) is 0 Å². The second-order valence-corrected chi connectivity index (χ2v) is 12.5. The van der Waals surface area contributed by atoms with Crippen molar-refractivity contribution in [2.24, 2.45) is 0 Å². The molecule has 0 saturated carbocycles. The molecule has 40 heavy (non-hydrogen) atoms. The van der Waals surface area contributed by atoms with Crippen LogP contribution in [0.4, 0.5) is 0 Å². The second-order valence-electron chi connectivity index (χ2n) is 11.4. The van der Waals surface area contributed by atoms with Gasteiger partial charge < -0.3 is 9.31 Å². The van der Waals surface area contributed by atoms with Crippen molar-refractivity contribution < 1.29 is 9.31 Å². The molecule has 1 aliphatic rings. The Bertz CT molecular complexity index is 1830. The van der Waals surface area contributed by atoms with E-state index in [0.29, 0.717) is 0 Å². The Morgan fingerprint density at radius 1 is 0.625 bits per heavy atom. The van der Waals surface area contributed by atoms with E-state index in [0.717, 1.165) is 22.2 Å². The van der Waals surface area contributed by atoms with E-state index in [1.165, 1.54) is 37.0 Å². The lowest BCUT2D eigenvalue weighted by Crippen LogP contribution is -2.41. The van der Waals surface area contributed by atoms with E-state index in [9.17, 15) is 0 Å². The van der Waals surface area contributed by atoms with Crippen LogP contribution >= 0.6 is 11.3 Å². The fourth-order valence-electron chi connectivity index (χ4n) is 5.45. The van der Waals surface area contributed by atoms with Crippen molar-refractivity contribution in [3.8, 4) is 32.8 Å². The van der Waals surface area contributed by atoms with E-state index >= 15 is 0 Å². The first-order valence-corrected chi connectivity index (χ1v) is 14.6. The average molecular weight is 540 g/mol. The Balaban J connectivity index is 1.46. The molecule has 0 N–H and O–H groups in total. The number of nitrogens with zero attached hydrogens (tertiary/aromatic N) is 1. The predicted octanol–water partition coefficient (Wildman–Crippen LogP) is 8.75. The van der Waals surface area contributed by atoms with Crippen molar-refractivity contribution in [1.29, 1.82) is 0 Å². The standard InChI is InChI=1S/C35H30BNO2S/c1-34(2)35(3,4)39-36(38-34)26-21-19-24(20-22-26)31-30-29(23-13-7-5-8-14-23)32(25-15-9-6-10-16-25)40-33(30)27-17-11-12-18-28(27)37-31/h5-22H,1-4H3. The molecule has 0 atom stereocenters. The Morgan fingerprint density at radius 2 is 1.20 bits per heavy atom. The summed E-state index contributed by atoms with van der Waals surface area (Å²) in [5.41, 5.74) is 6.97. The van der Waals surface area contributed by atoms with Gasteiger partial charge >= 0.3 is 7.12 Å². The van der Waals surface area contributed by atoms with Crippen molar-refractivity contribution in [3.05, 3.63) is 109 Å². The zero-order valence-corrected chi connectivity index (χ0v) is 24.0. The minimum absolute atomic E-state index is 0.377. The lowest BCUT2D eigenvalue weighted by molar-refractivity contribution is 0.00578. The molecule has 196 valence electrons. The zero-order valence-electron chi connectivity index (χ0n) is 23.1. The highest BCUT2D eigenvalue weighted by Crippen LogP contribution is 2.49. The Kier molecular flexibility index (Phi) is 5.93. The van der Waals surface area contributed by atoms with Gasteiger partial charge in [0.15, 0.2) is 0 Å². The SMILES string of the molecule is CC1(C)OB(c2ccc(-c3nc4ccccc4c4sc(-c5ccccc5)c(-c5ccccc5)c34)cc2)OC1(C)C. The molecule has 0 amide bonds. The molecule has 0 unspecified atom stereocenters. The van der Waals surface area contributed by atoms with E-state index in [2.05, 4.69) is 137 Å². The molecule has 0 bridgehead atoms. The number of rotatable bonds is 4. The fraction of sp³-hybridized carbons (Fsp3) is 0.171. The van der Waals surface area contributed by atoms with Crippen molar-refractivity contribution in [1.82, 2.24) is 4.98 Å². The van der Waals surface area contributed by atoms with Gasteiger partial charge in [0.1, 0.15) is 0 Å². The van der Waals surface area contributed by atoms with E-state index < -0.39 is 7.12 Å². The molecule has 3 nitrogen and oxygen atoms in total. The molecule has 0 radical (unpaired) electrons. The third-order valence-corrected chi connectivity index (χ3v) is 9.61. The van der Waals surface area contributed by atoms with Crippen LogP contribution in [0, 0.1) is 0 Å². The van der Waals surface area contributed by atoms with Crippen LogP contribution < -0.4 is 5.46 Å². The lowest BCUT2D eigenvalue weighted by Gasteiger charge is -2.32. The number of hydrogen-bond donors (Lipinski definition) is 0. The van der Waals surface area contributed by atoms with Crippen LogP contribution in [-0.4, -0.2) is 23.3 Å². The highest BCUT2D eigenvalue weighted by molar-refractivity contribution is 7.24. The van der Waals surface area contributed by atoms with Crippen molar-refractivity contribution in [2.45, 2.75) is 38.9 Å². The summed E-state index contributed by atoms with van der Waals surface area (Å²) < 4.78 is 13.9. The molecule has 6 aromatic rings. The van der Waals surface area contributed by atoms with Gasteiger partial charge in [-0.25, -0.2) is 4.98 Å². The number of pyridine rings is 1. The normalized spacial score (nSPS) is 16.1. The van der Waals surface area contributed by atoms with Gasteiger partial charge in [0.25, 0.3) is 0 Å². The Labute approximate surface area is 239 Å². The highest BCUT2D eigenvalue weighted by Gasteiger charge is 2.51. The number of fused-ring (bicyclic) bond motifs is 3. The quantitative estimate of drug-likeness (QED) is 0.210. The van der Waals surface area contributed by atoms with Crippen LogP contribution in [0.3, 0.4) is 0 Å². The summed E-state index contributed by atoms with van der Waals surface area (Å²) in [7, 11) is -0.394. The van der Waals surface area contributed by atoms with Crippen molar-refractivity contribution in [3.63, 3.8) is 0 Å². The minimum Gasteiger partial charge on any atom is -0.399 e. The molecule has 0 aliphatic carbocycles. The first-order chi connectivity index (χ1) is 19.3. The van der Waals surface area contributed by atoms with E-state index in [4.69, 9.17) is 14.3 Å². The molecule has 0 spiro atoms. The number of benzene rings is 4. The third kappa shape index (κ3) is 4.08. The molecular weight excluding hydrogens is 509 g/mol. The minimum atomic E-state index is -0.394. The van der Waals surface area contributed by atoms with Crippen molar-refractivity contribution in [2.75, 3.05) is 0 Å². The maximum absolute atomic E-state index is 6.32. The van der Waals surface area contributed by atoms with Crippen LogP contribution in [0.5, 0.6) is 0 Å². The fourth-order valence-corrected chi connectivity index (χ4v) is 6.81. The largest absolute Gasteiger partial charge is 0.494 e. The maximum atomic E-state index is 6.32. The highest BCUT2D eigenvalue weighted by atomic mass is 32.1. The number of aromatic nitrogens is 1. The van der Waals surface area contributed by atoms with E-state index in [-0.39, 0.29) is 11.2 Å². The first-order valence-electron chi connectivity index (χ1n) is 13.7. The van der Waals surface area contributed by atoms with Crippen LogP contribution in [-0.2, 0) is 9.31 Å². The molecule has 1 aliphatic heterocycles. The monoisotopic (exact) mass is 539 g/mol. The van der Waals surface area contributed by atoms with Gasteiger partial charge in [0, 0.05) is 31.5 Å². The summed E-state index contributed by atoms with van der Waals surface area (Å²) in [5, 5.41) is 2.37. The average Bonchev–Trinajstić information content (AvgIpc) is 3.48. The lowest BCUT2D eigenvalue weighted by atomic mass is 9.78. The van der Waals surface area contributed by atoms with Gasteiger partial charge in [-0.15, -0.1) is 11.3 Å². The van der Waals surface area contributed by atoms with Crippen LogP contribution in [0.2, 0.25) is 0 Å². The predicted molar refractivity (Wildman–Crippen MR) is 169 cm³/mol. The maximum Gasteiger partial charge on any atom is 0.494 e. The van der Waals surface area contributed by atoms with Crippen LogP contribution in [0.25, 0.3) is 53.8 Å². The number of thiophene rings is 1. The molecule has 4 aromatic carbocycles. The van der Waals surface area contributed by atoms with Gasteiger partial charge in [0.05, 0.1) is 22.4 Å². The summed E-state index contributed by atoms with van der Waals surface area (Å²) in [6, 6.07) is 38.4. The summed E-state index contributed by atoms with van der Waals surface area (Å²) in [6.45, 7) is 8.35. The Morgan fingerprint density at radius 3 is 1.85 bits per heavy atom. The van der Waals surface area contributed by atoms with Gasteiger partial charge in [-0.3, -0.25) is 0 Å². The van der Waals surface area contributed by atoms with E-state index in [1.807, 2.05) is 11.3 Å². The summed E-state index contributed by atoms with van der Waals surface area (Å²) in [5.74, 6) is 0. The summed E-state index contributed by atoms with van der Waals surface area (Å²) in [6.07, 6.45) is 0. The zero-order chi connectivity index (χ0) is 27.5. The summed E-state index contributed by atoms with van der Waals surface area (Å²) in [4.78, 5) is 6.54. The molecule has 1 fully saturated rings. The second kappa shape index (κ2) is 9.41. The van der Waals surface area contributed by atoms with Gasteiger partial charge in [0.2, 0.25) is 0 Å². The van der Waals surface area contributed by atoms with Gasteiger partial charge in [-0.1, -0.05) is 103 Å². The Hall–Kier alpha value is -3.77. The van der Waals surface area contributed by atoms with Gasteiger partial charge in [-0.2, -0.15) is 0 Å². The molecule has 3 heterocycles. The molecule has 1 saturated heterocycles. The third-order valence-electron chi connectivity index (χ3n) is 8.33. The molecule has 7 rings (SSSR count). The molecular formula is C35H30BNO2S. The number of hydrogen-bond acceptors (Lipinski definition) is 4. The number of para-hydroxylation sites is 1. The van der Waals surface area contributed by atoms with Gasteiger partial charge in [-0.05, 0) is 50.4 Å². The van der Waals surface area contributed by atoms with Crippen molar-refractivity contribution >= 4 is 44.9 Å². The molecule has 2 aromatic heterocycles. The first kappa shape index (κ1) is 25.2. The smallest absolute Gasteiger partial charge is 0.399 e. The van der Waals surface area contributed by atoms with Crippen LogP contribution in [0.1, 0.15) is 27.7 Å². The topological polar surface area (TPSA) is 31.4 Å². The summed E-state index contributed by atoms with van der Waals surface area (Å²) >= 11 is 1.85. The molecule has 5 heteroatoms.